The van der Waals surface area contributed by atoms with Gasteiger partial charge in [-0.05, 0) is 49.4 Å². The zero-order valence-electron chi connectivity index (χ0n) is 18.3. The van der Waals surface area contributed by atoms with Gasteiger partial charge in [0.15, 0.2) is 11.2 Å². The van der Waals surface area contributed by atoms with Crippen molar-refractivity contribution < 1.29 is 17.9 Å². The number of benzene rings is 2. The van der Waals surface area contributed by atoms with Crippen LogP contribution >= 0.6 is 0 Å². The highest BCUT2D eigenvalue weighted by atomic mass is 19.4. The van der Waals surface area contributed by atoms with Crippen molar-refractivity contribution in [1.29, 1.82) is 5.26 Å². The molecule has 2 heterocycles. The molecule has 0 N–H and O–H groups in total. The fraction of sp³-hybridized carbons (Fsp3) is 0.280. The molecule has 34 heavy (non-hydrogen) atoms. The van der Waals surface area contributed by atoms with Crippen molar-refractivity contribution in [2.24, 2.45) is 5.92 Å². The summed E-state index contributed by atoms with van der Waals surface area (Å²) in [4.78, 5) is 13.3. The second kappa shape index (κ2) is 8.45. The molecule has 4 aromatic rings. The van der Waals surface area contributed by atoms with Gasteiger partial charge >= 0.3 is 6.18 Å². The molecule has 1 fully saturated rings. The van der Waals surface area contributed by atoms with Crippen molar-refractivity contribution in [2.45, 2.75) is 32.5 Å². The van der Waals surface area contributed by atoms with Crippen LogP contribution in [0.1, 0.15) is 35.4 Å². The number of hydrogen-bond donors (Lipinski definition) is 0. The van der Waals surface area contributed by atoms with Crippen molar-refractivity contribution >= 4 is 11.2 Å². The first-order valence-electron chi connectivity index (χ1n) is 10.9. The Hall–Kier alpha value is -3.93. The molecular formula is C25H20F3N5O. The maximum Gasteiger partial charge on any atom is 0.416 e. The Kier molecular flexibility index (Phi) is 5.44. The Morgan fingerprint density at radius 1 is 1.09 bits per heavy atom. The van der Waals surface area contributed by atoms with Gasteiger partial charge in [-0.2, -0.15) is 28.4 Å². The third-order valence-electron chi connectivity index (χ3n) is 5.72. The number of halogens is 3. The molecule has 1 aliphatic rings. The first-order chi connectivity index (χ1) is 16.3. The fourth-order valence-electron chi connectivity index (χ4n) is 3.78. The van der Waals surface area contributed by atoms with Crippen molar-refractivity contribution in [2.75, 3.05) is 6.61 Å². The minimum atomic E-state index is -4.40. The highest BCUT2D eigenvalue weighted by molar-refractivity contribution is 5.82. The third kappa shape index (κ3) is 4.44. The lowest BCUT2D eigenvalue weighted by Gasteiger charge is -2.13. The quantitative estimate of drug-likeness (QED) is 0.376. The minimum absolute atomic E-state index is 0.0479. The number of hydrogen-bond acceptors (Lipinski definition) is 5. The van der Waals surface area contributed by atoms with E-state index < -0.39 is 11.7 Å². The molecule has 0 saturated heterocycles. The third-order valence-corrected chi connectivity index (χ3v) is 5.72. The topological polar surface area (TPSA) is 76.6 Å². The van der Waals surface area contributed by atoms with Gasteiger partial charge < -0.3 is 9.30 Å². The van der Waals surface area contributed by atoms with Crippen LogP contribution in [0.2, 0.25) is 0 Å². The Balaban J connectivity index is 1.66. The first-order valence-corrected chi connectivity index (χ1v) is 10.9. The summed E-state index contributed by atoms with van der Waals surface area (Å²) in [5.41, 5.74) is 2.60. The molecule has 1 aliphatic carbocycles. The van der Waals surface area contributed by atoms with Gasteiger partial charge in [-0.1, -0.05) is 35.9 Å². The number of nitriles is 1. The van der Waals surface area contributed by atoms with Gasteiger partial charge in [-0.25, -0.2) is 4.98 Å². The lowest BCUT2D eigenvalue weighted by Crippen LogP contribution is -2.08. The van der Waals surface area contributed by atoms with Gasteiger partial charge in [0.1, 0.15) is 11.9 Å². The van der Waals surface area contributed by atoms with Crippen LogP contribution in [0.15, 0.2) is 48.5 Å². The number of imidazole rings is 1. The number of alkyl halides is 3. The van der Waals surface area contributed by atoms with E-state index in [4.69, 9.17) is 4.74 Å². The van der Waals surface area contributed by atoms with Crippen LogP contribution in [0.3, 0.4) is 0 Å². The van der Waals surface area contributed by atoms with Crippen LogP contribution < -0.4 is 4.74 Å². The summed E-state index contributed by atoms with van der Waals surface area (Å²) < 4.78 is 46.9. The molecular weight excluding hydrogens is 443 g/mol. The smallest absolute Gasteiger partial charge is 0.416 e. The summed E-state index contributed by atoms with van der Waals surface area (Å²) in [6.07, 6.45) is -2.24. The molecule has 172 valence electrons. The molecule has 0 bridgehead atoms. The van der Waals surface area contributed by atoms with Gasteiger partial charge in [0, 0.05) is 12.1 Å². The predicted octanol–water partition coefficient (Wildman–Crippen LogP) is 5.53. The lowest BCUT2D eigenvalue weighted by atomic mass is 10.1. The molecule has 9 heteroatoms. The van der Waals surface area contributed by atoms with E-state index in [1.54, 1.807) is 0 Å². The maximum absolute atomic E-state index is 13.0. The highest BCUT2D eigenvalue weighted by Gasteiger charge is 2.30. The summed E-state index contributed by atoms with van der Waals surface area (Å²) in [6.45, 7) is 2.67. The largest absolute Gasteiger partial charge is 0.476 e. The average molecular weight is 463 g/mol. The maximum atomic E-state index is 13.0. The van der Waals surface area contributed by atoms with Crippen LogP contribution in [0.4, 0.5) is 13.2 Å². The number of ether oxygens (including phenoxy) is 1. The van der Waals surface area contributed by atoms with Crippen molar-refractivity contribution in [3.8, 4) is 23.3 Å². The summed E-state index contributed by atoms with van der Waals surface area (Å²) >= 11 is 0. The molecule has 0 unspecified atom stereocenters. The molecule has 0 amide bonds. The molecule has 0 aliphatic heterocycles. The number of rotatable bonds is 6. The molecule has 1 saturated carbocycles. The Bertz CT molecular complexity index is 1400. The summed E-state index contributed by atoms with van der Waals surface area (Å²) in [7, 11) is 0. The number of aryl methyl sites for hydroxylation is 1. The van der Waals surface area contributed by atoms with Crippen LogP contribution in [-0.4, -0.2) is 26.1 Å². The Labute approximate surface area is 193 Å². The second-order valence-corrected chi connectivity index (χ2v) is 8.48. The van der Waals surface area contributed by atoms with Gasteiger partial charge in [0.25, 0.3) is 0 Å². The summed E-state index contributed by atoms with van der Waals surface area (Å²) in [5, 5.41) is 9.41. The first kappa shape index (κ1) is 21.9. The van der Waals surface area contributed by atoms with Gasteiger partial charge in [-0.15, -0.1) is 0 Å². The predicted molar refractivity (Wildman–Crippen MR) is 119 cm³/mol. The number of nitrogens with zero attached hydrogens (tertiary/aromatic N) is 5. The summed E-state index contributed by atoms with van der Waals surface area (Å²) in [5.74, 6) is 1.23. The van der Waals surface area contributed by atoms with Gasteiger partial charge in [-0.3, -0.25) is 0 Å². The van der Waals surface area contributed by atoms with Gasteiger partial charge in [0.05, 0.1) is 12.2 Å². The molecule has 6 nitrogen and oxygen atoms in total. The van der Waals surface area contributed by atoms with Crippen LogP contribution in [-0.2, 0) is 12.7 Å². The van der Waals surface area contributed by atoms with E-state index in [2.05, 4.69) is 15.0 Å². The van der Waals surface area contributed by atoms with Crippen LogP contribution in [0.5, 0.6) is 5.88 Å². The van der Waals surface area contributed by atoms with Crippen molar-refractivity contribution in [3.63, 3.8) is 0 Å². The molecule has 0 atom stereocenters. The van der Waals surface area contributed by atoms with Crippen molar-refractivity contribution in [3.05, 3.63) is 71.0 Å². The highest BCUT2D eigenvalue weighted by Crippen LogP contribution is 2.34. The average Bonchev–Trinajstić information content (AvgIpc) is 3.57. The van der Waals surface area contributed by atoms with Crippen molar-refractivity contribution in [1.82, 2.24) is 19.5 Å². The van der Waals surface area contributed by atoms with E-state index in [-0.39, 0.29) is 18.2 Å². The van der Waals surface area contributed by atoms with Crippen LogP contribution in [0.25, 0.3) is 22.6 Å². The SMILES string of the molecule is Cc1cccc(-c2nc3nc(C#N)nc(OCC4CC4)c3n2Cc2ccc(C(F)(F)F)cc2)c1. The zero-order chi connectivity index (χ0) is 23.9. The fourth-order valence-corrected chi connectivity index (χ4v) is 3.78. The Morgan fingerprint density at radius 2 is 1.85 bits per heavy atom. The molecule has 2 aromatic carbocycles. The number of fused-ring (bicyclic) bond motifs is 1. The molecule has 0 spiro atoms. The van der Waals surface area contributed by atoms with Crippen LogP contribution in [0, 0.1) is 24.2 Å². The van der Waals surface area contributed by atoms with E-state index in [9.17, 15) is 18.4 Å². The summed E-state index contributed by atoms with van der Waals surface area (Å²) in [6, 6.07) is 14.7. The lowest BCUT2D eigenvalue weighted by molar-refractivity contribution is -0.137. The standard InChI is InChI=1S/C25H20F3N5O/c1-15-3-2-4-18(11-15)23-32-22-21(24(31-20(12-29)30-22)34-14-17-5-6-17)33(23)13-16-7-9-19(10-8-16)25(26,27)28/h2-4,7-11,17H,5-6,13-14H2,1H3. The normalized spacial score (nSPS) is 13.7. The molecule has 2 aromatic heterocycles. The minimum Gasteiger partial charge on any atom is -0.476 e. The van der Waals surface area contributed by atoms with E-state index >= 15 is 0 Å². The zero-order valence-corrected chi connectivity index (χ0v) is 18.3. The second-order valence-electron chi connectivity index (χ2n) is 8.48. The van der Waals surface area contributed by atoms with Gasteiger partial charge in [0.2, 0.25) is 11.7 Å². The molecule has 0 radical (unpaired) electrons. The monoisotopic (exact) mass is 463 g/mol. The number of aromatic nitrogens is 4. The Morgan fingerprint density at radius 3 is 2.50 bits per heavy atom. The van der Waals surface area contributed by atoms with E-state index in [1.165, 1.54) is 12.1 Å². The molecule has 5 rings (SSSR count). The van der Waals surface area contributed by atoms with E-state index in [1.807, 2.05) is 41.8 Å². The van der Waals surface area contributed by atoms with E-state index in [0.29, 0.717) is 35.1 Å². The van der Waals surface area contributed by atoms with E-state index in [0.717, 1.165) is 36.1 Å².